The highest BCUT2D eigenvalue weighted by Crippen LogP contribution is 2.43. The SMILES string of the molecule is CC/C=C\C/C=C\C/C=C\C/C=C\C/C=C\CCCCOCC(COP(=O)(O)OCCN)OC(=O)C/C=C\C/C=C\C/C=C\C/C=C\C/C=C\CC. The summed E-state index contributed by atoms with van der Waals surface area (Å²) in [6, 6.07) is 0. The van der Waals surface area contributed by atoms with E-state index in [0.29, 0.717) is 13.0 Å². The number of nitrogens with two attached hydrogens (primary N) is 1. The Kier molecular flexibility index (Phi) is 36.8. The third-order valence-electron chi connectivity index (χ3n) is 6.91. The molecule has 0 aliphatic carbocycles. The molecule has 0 aliphatic rings. The van der Waals surface area contributed by atoms with E-state index in [-0.39, 0.29) is 32.8 Å². The zero-order valence-corrected chi connectivity index (χ0v) is 32.9. The van der Waals surface area contributed by atoms with Gasteiger partial charge in [-0.3, -0.25) is 13.8 Å². The lowest BCUT2D eigenvalue weighted by molar-refractivity contribution is -0.153. The van der Waals surface area contributed by atoms with Gasteiger partial charge in [0.1, 0.15) is 6.10 Å². The van der Waals surface area contributed by atoms with Gasteiger partial charge in [-0.1, -0.05) is 135 Å². The van der Waals surface area contributed by atoms with E-state index in [9.17, 15) is 14.3 Å². The van der Waals surface area contributed by atoms with Crippen molar-refractivity contribution in [2.24, 2.45) is 5.73 Å². The summed E-state index contributed by atoms with van der Waals surface area (Å²) in [6.07, 6.45) is 53.9. The molecule has 0 aromatic heterocycles. The van der Waals surface area contributed by atoms with Crippen LogP contribution >= 0.6 is 7.82 Å². The molecule has 3 N–H and O–H groups in total. The second-order valence-corrected chi connectivity index (χ2v) is 13.1. The summed E-state index contributed by atoms with van der Waals surface area (Å²) >= 11 is 0. The van der Waals surface area contributed by atoms with Gasteiger partial charge in [-0.2, -0.15) is 0 Å². The lowest BCUT2D eigenvalue weighted by Crippen LogP contribution is -2.28. The Morgan fingerprint density at radius 3 is 1.44 bits per heavy atom. The maximum absolute atomic E-state index is 12.5. The third-order valence-corrected chi connectivity index (χ3v) is 7.89. The molecule has 0 aliphatic heterocycles. The molecule has 9 heteroatoms. The molecule has 0 bridgehead atoms. The second-order valence-electron chi connectivity index (χ2n) is 11.7. The molecule has 0 heterocycles. The molecule has 0 spiro atoms. The van der Waals surface area contributed by atoms with Gasteiger partial charge in [0.15, 0.2) is 0 Å². The molecule has 0 aromatic rings. The lowest BCUT2D eigenvalue weighted by Gasteiger charge is -2.19. The van der Waals surface area contributed by atoms with Crippen LogP contribution in [0.25, 0.3) is 0 Å². The van der Waals surface area contributed by atoms with Gasteiger partial charge in [-0.25, -0.2) is 4.57 Å². The highest BCUT2D eigenvalue weighted by atomic mass is 31.2. The minimum absolute atomic E-state index is 0.0377. The first-order valence-electron chi connectivity index (χ1n) is 19.0. The van der Waals surface area contributed by atoms with Crippen molar-refractivity contribution in [3.05, 3.63) is 122 Å². The maximum Gasteiger partial charge on any atom is 0.472 e. The molecule has 0 fully saturated rings. The monoisotopic (exact) mass is 741 g/mol. The summed E-state index contributed by atoms with van der Waals surface area (Å²) in [6.45, 7) is 4.38. The molecule has 0 saturated carbocycles. The maximum atomic E-state index is 12.5. The molecule has 0 rings (SSSR count). The Morgan fingerprint density at radius 1 is 0.577 bits per heavy atom. The number of carbonyl (C=O) groups is 1. The number of hydrogen-bond donors (Lipinski definition) is 2. The van der Waals surface area contributed by atoms with E-state index in [0.717, 1.165) is 77.0 Å². The normalized spacial score (nSPS) is 14.9. The van der Waals surface area contributed by atoms with Crippen LogP contribution in [0.2, 0.25) is 0 Å². The summed E-state index contributed by atoms with van der Waals surface area (Å²) < 4.78 is 33.1. The first-order chi connectivity index (χ1) is 25.4. The van der Waals surface area contributed by atoms with E-state index in [4.69, 9.17) is 24.3 Å². The van der Waals surface area contributed by atoms with Crippen LogP contribution in [-0.2, 0) is 27.9 Å². The van der Waals surface area contributed by atoms with Crippen molar-refractivity contribution in [3.63, 3.8) is 0 Å². The molecular weight excluding hydrogens is 673 g/mol. The number of allylic oxidation sites excluding steroid dienone is 19. The summed E-state index contributed by atoms with van der Waals surface area (Å²) in [7, 11) is -4.32. The average Bonchev–Trinajstić information content (AvgIpc) is 3.13. The van der Waals surface area contributed by atoms with Crippen molar-refractivity contribution in [2.45, 2.75) is 110 Å². The largest absolute Gasteiger partial charge is 0.472 e. The number of phosphoric acid groups is 1. The molecule has 2 unspecified atom stereocenters. The van der Waals surface area contributed by atoms with Crippen LogP contribution in [0.4, 0.5) is 0 Å². The zero-order chi connectivity index (χ0) is 38.1. The van der Waals surface area contributed by atoms with Gasteiger partial charge in [-0.15, -0.1) is 0 Å². The number of ether oxygens (including phenoxy) is 2. The van der Waals surface area contributed by atoms with Crippen LogP contribution in [0.15, 0.2) is 122 Å². The molecule has 292 valence electrons. The fraction of sp³-hybridized carbons (Fsp3) is 0.512. The van der Waals surface area contributed by atoms with Gasteiger partial charge in [0.25, 0.3) is 0 Å². The fourth-order valence-corrected chi connectivity index (χ4v) is 4.98. The molecule has 8 nitrogen and oxygen atoms in total. The van der Waals surface area contributed by atoms with Crippen LogP contribution in [0.3, 0.4) is 0 Å². The Balaban J connectivity index is 4.36. The van der Waals surface area contributed by atoms with Gasteiger partial charge in [-0.05, 0) is 83.5 Å². The molecule has 0 amide bonds. The van der Waals surface area contributed by atoms with E-state index in [1.165, 1.54) is 0 Å². The first-order valence-corrected chi connectivity index (χ1v) is 20.5. The highest BCUT2D eigenvalue weighted by molar-refractivity contribution is 7.47. The fourth-order valence-electron chi connectivity index (χ4n) is 4.21. The Hall–Kier alpha value is -3.10. The van der Waals surface area contributed by atoms with Crippen molar-refractivity contribution in [1.82, 2.24) is 0 Å². The summed E-state index contributed by atoms with van der Waals surface area (Å²) in [5, 5.41) is 0. The van der Waals surface area contributed by atoms with E-state index < -0.39 is 19.9 Å². The van der Waals surface area contributed by atoms with Crippen LogP contribution in [0.5, 0.6) is 0 Å². The smallest absolute Gasteiger partial charge is 0.457 e. The molecule has 52 heavy (non-hydrogen) atoms. The molecule has 0 saturated heterocycles. The number of rotatable bonds is 34. The van der Waals surface area contributed by atoms with Crippen molar-refractivity contribution in [1.29, 1.82) is 0 Å². The summed E-state index contributed by atoms with van der Waals surface area (Å²) in [5.74, 6) is -0.479. The van der Waals surface area contributed by atoms with Gasteiger partial charge in [0.05, 0.1) is 26.2 Å². The van der Waals surface area contributed by atoms with Crippen LogP contribution in [0.1, 0.15) is 104 Å². The lowest BCUT2D eigenvalue weighted by atomic mass is 10.2. The topological polar surface area (TPSA) is 117 Å². The number of esters is 1. The predicted molar refractivity (Wildman–Crippen MR) is 219 cm³/mol. The standard InChI is InChI=1S/C43H68NO7P/c1-3-5-7-9-11-13-15-17-19-20-21-23-25-27-29-31-33-35-38-48-40-42(41-50-52(46,47)49-39-37-44)51-43(45)36-34-32-30-28-26-24-22-18-16-14-12-10-8-6-4-2/h5-8,11-14,17-19,21-23,26-29,32,34,42H,3-4,9-10,15-16,20,24-25,30-31,33,35-41,44H2,1-2H3,(H,46,47)/b7-5-,8-6-,13-11-,14-12-,19-17-,22-18-,23-21-,28-26-,29-27-,34-32-. The third kappa shape index (κ3) is 38.1. The number of carbonyl (C=O) groups excluding carboxylic acids is 1. The molecule has 0 radical (unpaired) electrons. The number of hydrogen-bond acceptors (Lipinski definition) is 7. The van der Waals surface area contributed by atoms with Gasteiger partial charge in [0.2, 0.25) is 0 Å². The van der Waals surface area contributed by atoms with Gasteiger partial charge in [0, 0.05) is 13.2 Å². The highest BCUT2D eigenvalue weighted by Gasteiger charge is 2.25. The second kappa shape index (κ2) is 39.1. The van der Waals surface area contributed by atoms with Gasteiger partial charge >= 0.3 is 13.8 Å². The summed E-state index contributed by atoms with van der Waals surface area (Å²) in [4.78, 5) is 22.3. The van der Waals surface area contributed by atoms with Crippen molar-refractivity contribution in [3.8, 4) is 0 Å². The van der Waals surface area contributed by atoms with Crippen LogP contribution in [0, 0.1) is 0 Å². The number of phosphoric ester groups is 1. The van der Waals surface area contributed by atoms with E-state index >= 15 is 0 Å². The average molecular weight is 742 g/mol. The molecule has 2 atom stereocenters. The van der Waals surface area contributed by atoms with Crippen LogP contribution < -0.4 is 5.73 Å². The van der Waals surface area contributed by atoms with E-state index in [2.05, 4.69) is 117 Å². The van der Waals surface area contributed by atoms with Gasteiger partial charge < -0.3 is 20.1 Å². The minimum Gasteiger partial charge on any atom is -0.457 e. The molecular formula is C43H68NO7P. The van der Waals surface area contributed by atoms with Crippen molar-refractivity contribution < 1.29 is 32.8 Å². The number of unbranched alkanes of at least 4 members (excludes halogenated alkanes) is 2. The minimum atomic E-state index is -4.32. The van der Waals surface area contributed by atoms with Crippen LogP contribution in [-0.4, -0.2) is 49.9 Å². The van der Waals surface area contributed by atoms with E-state index in [1.807, 2.05) is 12.2 Å². The Morgan fingerprint density at radius 2 is 1.00 bits per heavy atom. The zero-order valence-electron chi connectivity index (χ0n) is 32.0. The predicted octanol–water partition coefficient (Wildman–Crippen LogP) is 11.1. The Bertz CT molecular complexity index is 1190. The summed E-state index contributed by atoms with van der Waals surface area (Å²) in [5.41, 5.74) is 5.34. The van der Waals surface area contributed by atoms with Crippen molar-refractivity contribution >= 4 is 13.8 Å². The Labute approximate surface area is 315 Å². The van der Waals surface area contributed by atoms with Crippen molar-refractivity contribution in [2.75, 3.05) is 33.0 Å². The van der Waals surface area contributed by atoms with E-state index in [1.54, 1.807) is 6.08 Å². The molecule has 0 aromatic carbocycles. The quantitative estimate of drug-likeness (QED) is 0.0290. The first kappa shape index (κ1) is 48.9.